The van der Waals surface area contributed by atoms with Crippen molar-refractivity contribution in [2.75, 3.05) is 44.7 Å². The Balaban J connectivity index is 1.63. The summed E-state index contributed by atoms with van der Waals surface area (Å²) >= 11 is 5.16. The van der Waals surface area contributed by atoms with Crippen molar-refractivity contribution in [1.29, 1.82) is 0 Å². The van der Waals surface area contributed by atoms with Crippen molar-refractivity contribution in [2.24, 2.45) is 0 Å². The van der Waals surface area contributed by atoms with Gasteiger partial charge < -0.3 is 20.4 Å². The van der Waals surface area contributed by atoms with Crippen molar-refractivity contribution in [3.63, 3.8) is 0 Å². The number of halogens is 3. The van der Waals surface area contributed by atoms with Crippen LogP contribution in [0.2, 0.25) is 0 Å². The third-order valence-electron chi connectivity index (χ3n) is 4.43. The largest absolute Gasteiger partial charge is 0.389 e. The van der Waals surface area contributed by atoms with E-state index in [0.717, 1.165) is 31.7 Å². The normalized spacial score (nSPS) is 15.8. The summed E-state index contributed by atoms with van der Waals surface area (Å²) in [6.45, 7) is 5.27. The predicted octanol–water partition coefficient (Wildman–Crippen LogP) is 3.14. The summed E-state index contributed by atoms with van der Waals surface area (Å²) in [5.41, 5.74) is 2.34. The number of thiocarbonyl (C=S) groups is 1. The molecule has 1 heterocycles. The average molecular weight is 389 g/mol. The molecule has 0 aliphatic carbocycles. The maximum Gasteiger partial charge on any atom is 0.389 e. The van der Waals surface area contributed by atoms with Crippen molar-refractivity contribution in [3.05, 3.63) is 29.8 Å². The van der Waals surface area contributed by atoms with E-state index in [2.05, 4.69) is 51.7 Å². The second kappa shape index (κ2) is 9.97. The molecular weight excluding hydrogens is 361 g/mol. The Labute approximate surface area is 158 Å². The quantitative estimate of drug-likeness (QED) is 0.554. The van der Waals surface area contributed by atoms with E-state index in [0.29, 0.717) is 24.6 Å². The van der Waals surface area contributed by atoms with Crippen LogP contribution in [-0.2, 0) is 6.54 Å². The molecule has 2 rings (SSSR count). The van der Waals surface area contributed by atoms with Gasteiger partial charge in [0.05, 0.1) is 0 Å². The zero-order valence-electron chi connectivity index (χ0n) is 15.1. The molecule has 4 nitrogen and oxygen atoms in total. The van der Waals surface area contributed by atoms with Crippen LogP contribution >= 0.6 is 12.2 Å². The Kier molecular flexibility index (Phi) is 7.96. The van der Waals surface area contributed by atoms with Gasteiger partial charge in [-0.2, -0.15) is 13.2 Å². The number of rotatable bonds is 7. The molecule has 2 N–H and O–H groups in total. The maximum atomic E-state index is 12.1. The van der Waals surface area contributed by atoms with Crippen molar-refractivity contribution in [1.82, 2.24) is 15.5 Å². The van der Waals surface area contributed by atoms with Gasteiger partial charge in [0.15, 0.2) is 5.11 Å². The minimum absolute atomic E-state index is 0.118. The van der Waals surface area contributed by atoms with E-state index >= 15 is 0 Å². The standard InChI is InChI=1S/C18H27F3N4S/c1-24-10-12-25(13-11-24)16-6-4-15(5-7-16)14-23-17(26)22-9-3-2-8-18(19,20)21/h4-7H,2-3,8-14H2,1H3,(H2,22,23,26). The molecule has 0 amide bonds. The van der Waals surface area contributed by atoms with E-state index in [4.69, 9.17) is 12.2 Å². The maximum absolute atomic E-state index is 12.1. The van der Waals surface area contributed by atoms with E-state index in [1.807, 2.05) is 0 Å². The molecule has 1 saturated heterocycles. The summed E-state index contributed by atoms with van der Waals surface area (Å²) < 4.78 is 36.2. The van der Waals surface area contributed by atoms with Gasteiger partial charge in [0, 0.05) is 51.4 Å². The molecule has 0 atom stereocenters. The molecule has 1 aliphatic rings. The van der Waals surface area contributed by atoms with Crippen molar-refractivity contribution in [2.45, 2.75) is 32.0 Å². The van der Waals surface area contributed by atoms with E-state index in [1.165, 1.54) is 5.69 Å². The highest BCUT2D eigenvalue weighted by atomic mass is 32.1. The second-order valence-electron chi connectivity index (χ2n) is 6.64. The van der Waals surface area contributed by atoms with Gasteiger partial charge >= 0.3 is 6.18 Å². The first-order chi connectivity index (χ1) is 12.3. The Morgan fingerprint density at radius 2 is 1.69 bits per heavy atom. The van der Waals surface area contributed by atoms with E-state index < -0.39 is 12.6 Å². The molecular formula is C18H27F3N4S. The van der Waals surface area contributed by atoms with Gasteiger partial charge in [0.2, 0.25) is 0 Å². The predicted molar refractivity (Wildman–Crippen MR) is 103 cm³/mol. The Morgan fingerprint density at radius 3 is 2.31 bits per heavy atom. The average Bonchev–Trinajstić information content (AvgIpc) is 2.60. The van der Waals surface area contributed by atoms with Crippen LogP contribution in [0.5, 0.6) is 0 Å². The van der Waals surface area contributed by atoms with Gasteiger partial charge in [-0.25, -0.2) is 0 Å². The fourth-order valence-electron chi connectivity index (χ4n) is 2.79. The lowest BCUT2D eigenvalue weighted by Gasteiger charge is -2.34. The van der Waals surface area contributed by atoms with Gasteiger partial charge in [-0.05, 0) is 49.8 Å². The van der Waals surface area contributed by atoms with Gasteiger partial charge in [-0.1, -0.05) is 12.1 Å². The molecule has 0 saturated carbocycles. The summed E-state index contributed by atoms with van der Waals surface area (Å²) in [5, 5.41) is 6.51. The molecule has 146 valence electrons. The zero-order valence-corrected chi connectivity index (χ0v) is 15.9. The Morgan fingerprint density at radius 1 is 1.04 bits per heavy atom. The van der Waals surface area contributed by atoms with E-state index in [1.54, 1.807) is 0 Å². The van der Waals surface area contributed by atoms with Crippen LogP contribution in [0.1, 0.15) is 24.8 Å². The van der Waals surface area contributed by atoms with Gasteiger partial charge in [0.25, 0.3) is 0 Å². The summed E-state index contributed by atoms with van der Waals surface area (Å²) in [4.78, 5) is 4.70. The highest BCUT2D eigenvalue weighted by Gasteiger charge is 2.25. The van der Waals surface area contributed by atoms with E-state index in [9.17, 15) is 13.2 Å². The van der Waals surface area contributed by atoms with Crippen LogP contribution in [0.4, 0.5) is 18.9 Å². The molecule has 0 aromatic heterocycles. The number of alkyl halides is 3. The summed E-state index contributed by atoms with van der Waals surface area (Å²) in [6, 6.07) is 8.39. The number of hydrogen-bond donors (Lipinski definition) is 2. The first kappa shape index (κ1) is 20.8. The number of anilines is 1. The number of piperazine rings is 1. The summed E-state index contributed by atoms with van der Waals surface area (Å²) in [6.07, 6.45) is -4.25. The molecule has 8 heteroatoms. The third-order valence-corrected chi connectivity index (χ3v) is 4.72. The van der Waals surface area contributed by atoms with Crippen LogP contribution in [-0.4, -0.2) is 56.0 Å². The number of unbranched alkanes of at least 4 members (excludes halogenated alkanes) is 1. The molecule has 26 heavy (non-hydrogen) atoms. The highest BCUT2D eigenvalue weighted by Crippen LogP contribution is 2.21. The SMILES string of the molecule is CN1CCN(c2ccc(CNC(=S)NCCCCC(F)(F)F)cc2)CC1. The lowest BCUT2D eigenvalue weighted by molar-refractivity contribution is -0.135. The fourth-order valence-corrected chi connectivity index (χ4v) is 2.96. The molecule has 0 radical (unpaired) electrons. The first-order valence-electron chi connectivity index (χ1n) is 8.94. The van der Waals surface area contributed by atoms with Crippen LogP contribution in [0.15, 0.2) is 24.3 Å². The molecule has 0 unspecified atom stereocenters. The van der Waals surface area contributed by atoms with Crippen LogP contribution < -0.4 is 15.5 Å². The molecule has 0 spiro atoms. The lowest BCUT2D eigenvalue weighted by Crippen LogP contribution is -2.44. The summed E-state index contributed by atoms with van der Waals surface area (Å²) in [5.74, 6) is 0. The zero-order chi connectivity index (χ0) is 19.0. The highest BCUT2D eigenvalue weighted by molar-refractivity contribution is 7.80. The van der Waals surface area contributed by atoms with Crippen LogP contribution in [0, 0.1) is 0 Å². The van der Waals surface area contributed by atoms with Gasteiger partial charge in [-0.3, -0.25) is 0 Å². The monoisotopic (exact) mass is 388 g/mol. The van der Waals surface area contributed by atoms with Crippen LogP contribution in [0.25, 0.3) is 0 Å². The minimum atomic E-state index is -4.07. The van der Waals surface area contributed by atoms with Gasteiger partial charge in [-0.15, -0.1) is 0 Å². The number of benzene rings is 1. The molecule has 0 bridgehead atoms. The molecule has 1 aromatic carbocycles. The number of nitrogens with zero attached hydrogens (tertiary/aromatic N) is 2. The van der Waals surface area contributed by atoms with Crippen molar-refractivity contribution >= 4 is 23.0 Å². The Hall–Kier alpha value is -1.54. The van der Waals surface area contributed by atoms with Crippen molar-refractivity contribution in [3.8, 4) is 0 Å². The minimum Gasteiger partial charge on any atom is -0.369 e. The fraction of sp³-hybridized carbons (Fsp3) is 0.611. The molecule has 1 fully saturated rings. The second-order valence-corrected chi connectivity index (χ2v) is 7.05. The summed E-state index contributed by atoms with van der Waals surface area (Å²) in [7, 11) is 2.14. The van der Waals surface area contributed by atoms with Crippen LogP contribution in [0.3, 0.4) is 0 Å². The lowest BCUT2D eigenvalue weighted by atomic mass is 10.2. The third kappa shape index (κ3) is 7.78. The Bertz CT molecular complexity index is 555. The first-order valence-corrected chi connectivity index (χ1v) is 9.35. The molecule has 1 aliphatic heterocycles. The number of nitrogens with one attached hydrogen (secondary N) is 2. The number of hydrogen-bond acceptors (Lipinski definition) is 3. The topological polar surface area (TPSA) is 30.5 Å². The van der Waals surface area contributed by atoms with Gasteiger partial charge in [0.1, 0.15) is 0 Å². The molecule has 1 aromatic rings. The van der Waals surface area contributed by atoms with Crippen molar-refractivity contribution < 1.29 is 13.2 Å². The smallest absolute Gasteiger partial charge is 0.369 e. The van der Waals surface area contributed by atoms with E-state index in [-0.39, 0.29) is 6.42 Å². The number of likely N-dealkylation sites (N-methyl/N-ethyl adjacent to an activating group) is 1.